The van der Waals surface area contributed by atoms with E-state index in [0.29, 0.717) is 0 Å². The van der Waals surface area contributed by atoms with E-state index in [2.05, 4.69) is 98.8 Å². The molecule has 126 valence electrons. The summed E-state index contributed by atoms with van der Waals surface area (Å²) in [6, 6.07) is 31.1. The summed E-state index contributed by atoms with van der Waals surface area (Å²) in [5.74, 6) is 0. The molecule has 0 aliphatic carbocycles. The van der Waals surface area contributed by atoms with Crippen molar-refractivity contribution >= 4 is 39.4 Å². The molecule has 0 atom stereocenters. The summed E-state index contributed by atoms with van der Waals surface area (Å²) in [6.07, 6.45) is 0. The van der Waals surface area contributed by atoms with Crippen molar-refractivity contribution in [3.05, 3.63) is 90.5 Å². The number of rotatable bonds is 4. The van der Waals surface area contributed by atoms with Gasteiger partial charge in [-0.3, -0.25) is 0 Å². The van der Waals surface area contributed by atoms with Crippen molar-refractivity contribution in [1.29, 1.82) is 0 Å². The molecule has 3 aromatic carbocycles. The van der Waals surface area contributed by atoms with Gasteiger partial charge in [-0.05, 0) is 0 Å². The molecule has 0 saturated carbocycles. The van der Waals surface area contributed by atoms with E-state index in [9.17, 15) is 0 Å². The minimum atomic E-state index is -0.930. The van der Waals surface area contributed by atoms with Crippen LogP contribution in [0.3, 0.4) is 0 Å². The van der Waals surface area contributed by atoms with Crippen molar-refractivity contribution in [2.75, 3.05) is 0 Å². The predicted molar refractivity (Wildman–Crippen MR) is 108 cm³/mol. The Bertz CT molecular complexity index is 733. The van der Waals surface area contributed by atoms with Gasteiger partial charge in [0.25, 0.3) is 0 Å². The summed E-state index contributed by atoms with van der Waals surface area (Å²) in [6.45, 7) is 4.85. The Labute approximate surface area is 165 Å². The summed E-state index contributed by atoms with van der Waals surface area (Å²) in [5.41, 5.74) is 1.52. The van der Waals surface area contributed by atoms with E-state index in [-0.39, 0.29) is 22.2 Å². The second-order valence-electron chi connectivity index (χ2n) is 6.39. The Balaban J connectivity index is 0.00000208. The number of hydrogen-bond acceptors (Lipinski definition) is 0. The maximum absolute atomic E-state index is 2.43. The third kappa shape index (κ3) is 4.03. The first-order valence-electron chi connectivity index (χ1n) is 8.00. The molecular formula is C21H23CuGeP+. The molecule has 0 aliphatic rings. The van der Waals surface area contributed by atoms with Gasteiger partial charge in [-0.25, -0.2) is 0 Å². The van der Waals surface area contributed by atoms with Crippen LogP contribution in [0.15, 0.2) is 84.9 Å². The molecule has 2 radical (unpaired) electrons. The van der Waals surface area contributed by atoms with Gasteiger partial charge in [0.05, 0.1) is 0 Å². The third-order valence-corrected chi connectivity index (χ3v) is 9.08. The van der Waals surface area contributed by atoms with Crippen LogP contribution in [0, 0.1) is 0 Å². The zero-order valence-electron chi connectivity index (χ0n) is 14.1. The van der Waals surface area contributed by atoms with E-state index in [1.807, 2.05) is 0 Å². The predicted octanol–water partition coefficient (Wildman–Crippen LogP) is 3.04. The zero-order valence-corrected chi connectivity index (χ0v) is 19.0. The van der Waals surface area contributed by atoms with E-state index in [1.54, 1.807) is 0 Å². The number of benzene rings is 3. The van der Waals surface area contributed by atoms with Crippen LogP contribution in [0.1, 0.15) is 19.4 Å². The van der Waals surface area contributed by atoms with Crippen molar-refractivity contribution in [2.24, 2.45) is 0 Å². The molecule has 0 fully saturated rings. The topological polar surface area (TPSA) is 0 Å². The van der Waals surface area contributed by atoms with Gasteiger partial charge in [-0.1, -0.05) is 0 Å². The molecule has 0 amide bonds. The van der Waals surface area contributed by atoms with Crippen molar-refractivity contribution in [3.63, 3.8) is 0 Å². The Morgan fingerprint density at radius 1 is 0.667 bits per heavy atom. The molecule has 3 rings (SSSR count). The average Bonchev–Trinajstić information content (AvgIpc) is 2.57. The summed E-state index contributed by atoms with van der Waals surface area (Å²) < 4.78 is 1.51. The fourth-order valence-corrected chi connectivity index (χ4v) is 8.54. The van der Waals surface area contributed by atoms with Gasteiger partial charge in [0.1, 0.15) is 0 Å². The Morgan fingerprint density at radius 2 is 1.08 bits per heavy atom. The first-order chi connectivity index (χ1) is 11.1. The fraction of sp³-hybridized carbons (Fsp3) is 0.143. The maximum Gasteiger partial charge on any atom is 0 e. The van der Waals surface area contributed by atoms with Crippen molar-refractivity contribution in [2.45, 2.75) is 19.0 Å². The van der Waals surface area contributed by atoms with Crippen LogP contribution in [-0.2, 0) is 22.2 Å². The van der Waals surface area contributed by atoms with Crippen LogP contribution >= 0.6 is 7.92 Å². The Morgan fingerprint density at radius 3 is 1.54 bits per heavy atom. The zero-order chi connectivity index (χ0) is 16.3. The SMILES string of the molecule is CC(C)(c1cccc[c]1[GeH2])[PH+](c1ccccc1)c1ccccc1.[Cu]. The van der Waals surface area contributed by atoms with Crippen LogP contribution in [0.5, 0.6) is 0 Å². The standard InChI is InChI=1S/C21H22GeP.Cu/c1-21(2,19-15-9-10-16-20(19)22)23(17-11-5-3-6-12-17)18-13-7-4-8-14-18;/h3-16H,22H2,1-2H3;/p+1. The second kappa shape index (κ2) is 8.50. The molecule has 0 N–H and O–H groups in total. The van der Waals surface area contributed by atoms with Gasteiger partial charge in [-0.2, -0.15) is 0 Å². The quantitative estimate of drug-likeness (QED) is 0.431. The molecule has 0 heterocycles. The molecule has 24 heavy (non-hydrogen) atoms. The van der Waals surface area contributed by atoms with Gasteiger partial charge in [0.2, 0.25) is 0 Å². The van der Waals surface area contributed by atoms with Gasteiger partial charge < -0.3 is 0 Å². The molecule has 0 nitrogen and oxygen atoms in total. The number of hydrogen-bond donors (Lipinski definition) is 0. The van der Waals surface area contributed by atoms with Crippen molar-refractivity contribution in [3.8, 4) is 0 Å². The van der Waals surface area contributed by atoms with Crippen molar-refractivity contribution in [1.82, 2.24) is 0 Å². The Hall–Kier alpha value is -0.848. The van der Waals surface area contributed by atoms with Gasteiger partial charge >= 0.3 is 149 Å². The second-order valence-corrected chi connectivity index (χ2v) is 11.1. The summed E-state index contributed by atoms with van der Waals surface area (Å²) in [7, 11) is -0.930. The minimum Gasteiger partial charge on any atom is 0 e. The third-order valence-electron chi connectivity index (χ3n) is 4.44. The molecule has 0 unspecified atom stereocenters. The minimum absolute atomic E-state index is 0. The van der Waals surface area contributed by atoms with Crippen LogP contribution in [0.25, 0.3) is 0 Å². The van der Waals surface area contributed by atoms with E-state index in [4.69, 9.17) is 0 Å². The molecule has 0 saturated heterocycles. The van der Waals surface area contributed by atoms with Crippen LogP contribution in [0.2, 0.25) is 0 Å². The van der Waals surface area contributed by atoms with Crippen molar-refractivity contribution < 1.29 is 17.1 Å². The Kier molecular flexibility index (Phi) is 6.90. The first kappa shape index (κ1) is 19.5. The molecule has 3 aromatic rings. The normalized spacial score (nSPS) is 11.2. The van der Waals surface area contributed by atoms with E-state index < -0.39 is 7.92 Å². The monoisotopic (exact) mass is 443 g/mol. The molecule has 0 aromatic heterocycles. The van der Waals surface area contributed by atoms with E-state index >= 15 is 0 Å². The summed E-state index contributed by atoms with van der Waals surface area (Å²) in [4.78, 5) is 0. The summed E-state index contributed by atoms with van der Waals surface area (Å²) in [5, 5.41) is 3.11. The molecular weight excluding hydrogens is 419 g/mol. The van der Waals surface area contributed by atoms with Gasteiger partial charge in [0, 0.05) is 17.1 Å². The molecule has 0 spiro atoms. The van der Waals surface area contributed by atoms with E-state index in [1.165, 1.54) is 37.1 Å². The van der Waals surface area contributed by atoms with E-state index in [0.717, 1.165) is 0 Å². The largest absolute Gasteiger partial charge is 0 e. The van der Waals surface area contributed by atoms with Crippen LogP contribution in [-0.4, -0.2) is 16.5 Å². The molecule has 3 heteroatoms. The smallest absolute Gasteiger partial charge is 0 e. The van der Waals surface area contributed by atoms with Crippen LogP contribution < -0.4 is 15.0 Å². The summed E-state index contributed by atoms with van der Waals surface area (Å²) >= 11 is 1.21. The molecule has 0 aliphatic heterocycles. The van der Waals surface area contributed by atoms with Crippen LogP contribution in [0.4, 0.5) is 0 Å². The van der Waals surface area contributed by atoms with Gasteiger partial charge in [-0.15, -0.1) is 0 Å². The average molecular weight is 443 g/mol. The fourth-order valence-electron chi connectivity index (χ4n) is 3.36. The first-order valence-corrected chi connectivity index (χ1v) is 11.0. The molecule has 0 bridgehead atoms. The van der Waals surface area contributed by atoms with Gasteiger partial charge in [0.15, 0.2) is 0 Å². The maximum atomic E-state index is 2.43.